The average molecular weight is 681 g/mol. The second-order valence-corrected chi connectivity index (χ2v) is 12.7. The topological polar surface area (TPSA) is 89.0 Å². The van der Waals surface area contributed by atoms with Gasteiger partial charge in [0.1, 0.15) is 11.9 Å². The monoisotopic (exact) mass is 680 g/mol. The van der Waals surface area contributed by atoms with E-state index in [0.29, 0.717) is 42.5 Å². The predicted molar refractivity (Wildman–Crippen MR) is 160 cm³/mol. The maximum Gasteiger partial charge on any atom is 0.416 e. The first-order chi connectivity index (χ1) is 22.3. The number of rotatable bonds is 7. The largest absolute Gasteiger partial charge is 0.481 e. The highest BCUT2D eigenvalue weighted by Crippen LogP contribution is 2.47. The summed E-state index contributed by atoms with van der Waals surface area (Å²) in [6.45, 7) is 5.47. The fourth-order valence-electron chi connectivity index (χ4n) is 6.26. The number of nitrogens with zero attached hydrogens (tertiary/aromatic N) is 2. The second kappa shape index (κ2) is 12.4. The number of hydrogen-bond donors (Lipinski definition) is 1. The van der Waals surface area contributed by atoms with Crippen molar-refractivity contribution >= 4 is 17.6 Å². The van der Waals surface area contributed by atoms with E-state index in [2.05, 4.69) is 4.98 Å². The number of cyclic esters (lactones) is 1. The summed E-state index contributed by atoms with van der Waals surface area (Å²) in [7, 11) is 1.40. The van der Waals surface area contributed by atoms with E-state index < -0.39 is 59.1 Å². The molecular weight excluding hydrogens is 649 g/mol. The number of carbonyl (C=O) groups excluding carboxylic acids is 1. The van der Waals surface area contributed by atoms with Crippen LogP contribution in [0.2, 0.25) is 0 Å². The highest BCUT2D eigenvalue weighted by atomic mass is 19.4. The lowest BCUT2D eigenvalue weighted by Gasteiger charge is -2.35. The van der Waals surface area contributed by atoms with Crippen LogP contribution in [-0.2, 0) is 17.1 Å². The minimum Gasteiger partial charge on any atom is -0.481 e. The molecule has 0 saturated carbocycles. The van der Waals surface area contributed by atoms with E-state index in [1.165, 1.54) is 37.3 Å². The standard InChI is InChI=1S/C34H31F7N2O5/c1-17-28(19-9-22(33(36,37)38)13-23(10-19)34(39,40)41)48-31(46)43(17)16-21-14-32(2,3)8-7-24(21)26-11-20(15-42-29(26)47-4)25-6-5-18(30(44)45)12-27(25)35/h5-6,9-13,15,17,28H,7-8,14,16H2,1-4H3,(H,44,45)/t17-,28?/m0/s1. The maximum atomic E-state index is 15.0. The van der Waals surface area contributed by atoms with Gasteiger partial charge in [-0.3, -0.25) is 4.90 Å². The van der Waals surface area contributed by atoms with Gasteiger partial charge in [-0.15, -0.1) is 0 Å². The Kier molecular flexibility index (Phi) is 8.99. The molecule has 48 heavy (non-hydrogen) atoms. The Labute approximate surface area is 271 Å². The smallest absolute Gasteiger partial charge is 0.416 e. The van der Waals surface area contributed by atoms with Crippen molar-refractivity contribution < 1.29 is 54.9 Å². The number of hydrogen-bond acceptors (Lipinski definition) is 5. The van der Waals surface area contributed by atoms with Crippen LogP contribution in [0.1, 0.15) is 78.7 Å². The van der Waals surface area contributed by atoms with Crippen LogP contribution in [0.3, 0.4) is 0 Å². The fraction of sp³-hybridized carbons (Fsp3) is 0.382. The van der Waals surface area contributed by atoms with Crippen LogP contribution >= 0.6 is 0 Å². The summed E-state index contributed by atoms with van der Waals surface area (Å²) >= 11 is 0. The van der Waals surface area contributed by atoms with Gasteiger partial charge in [-0.25, -0.2) is 19.0 Å². The molecule has 0 radical (unpaired) electrons. The summed E-state index contributed by atoms with van der Waals surface area (Å²) in [4.78, 5) is 30.1. The lowest BCUT2D eigenvalue weighted by Crippen LogP contribution is -2.35. The predicted octanol–water partition coefficient (Wildman–Crippen LogP) is 9.18. The number of amides is 1. The van der Waals surface area contributed by atoms with Crippen molar-refractivity contribution in [2.75, 3.05) is 13.7 Å². The Morgan fingerprint density at radius 3 is 2.25 bits per heavy atom. The van der Waals surface area contributed by atoms with Gasteiger partial charge in [-0.05, 0) is 84.7 Å². The highest BCUT2D eigenvalue weighted by molar-refractivity contribution is 5.88. The van der Waals surface area contributed by atoms with Crippen LogP contribution in [0.15, 0.2) is 54.2 Å². The quantitative estimate of drug-likeness (QED) is 0.251. The Balaban J connectivity index is 1.55. The zero-order valence-corrected chi connectivity index (χ0v) is 26.2. The molecule has 2 aromatic carbocycles. The van der Waals surface area contributed by atoms with Gasteiger partial charge in [-0.2, -0.15) is 26.3 Å². The van der Waals surface area contributed by atoms with Gasteiger partial charge in [0.15, 0.2) is 0 Å². The van der Waals surface area contributed by atoms with Crippen LogP contribution in [0, 0.1) is 11.2 Å². The number of methoxy groups -OCH3 is 1. The number of aromatic nitrogens is 1. The lowest BCUT2D eigenvalue weighted by molar-refractivity contribution is -0.143. The van der Waals surface area contributed by atoms with Gasteiger partial charge in [0.25, 0.3) is 0 Å². The summed E-state index contributed by atoms with van der Waals surface area (Å²) < 4.78 is 107. The molecule has 1 aliphatic heterocycles. The Hall–Kier alpha value is -4.62. The van der Waals surface area contributed by atoms with Gasteiger partial charge in [0.05, 0.1) is 29.8 Å². The molecule has 1 N–H and O–H groups in total. The zero-order chi connectivity index (χ0) is 35.3. The minimum atomic E-state index is -5.07. The fourth-order valence-corrected chi connectivity index (χ4v) is 6.26. The summed E-state index contributed by atoms with van der Waals surface area (Å²) in [5.74, 6) is -1.87. The molecule has 1 fully saturated rings. The van der Waals surface area contributed by atoms with Crippen molar-refractivity contribution in [1.82, 2.24) is 9.88 Å². The molecule has 14 heteroatoms. The van der Waals surface area contributed by atoms with E-state index in [1.807, 2.05) is 13.8 Å². The normalized spacial score (nSPS) is 19.8. The van der Waals surface area contributed by atoms with Crippen LogP contribution in [0.25, 0.3) is 16.7 Å². The molecule has 7 nitrogen and oxygen atoms in total. The molecule has 0 bridgehead atoms. The molecule has 1 saturated heterocycles. The summed E-state index contributed by atoms with van der Waals surface area (Å²) in [6, 6.07) is 5.32. The van der Waals surface area contributed by atoms with Gasteiger partial charge < -0.3 is 14.6 Å². The number of carbonyl (C=O) groups is 2. The Morgan fingerprint density at radius 1 is 1.04 bits per heavy atom. The molecule has 1 aromatic heterocycles. The molecule has 2 heterocycles. The highest BCUT2D eigenvalue weighted by Gasteiger charge is 2.44. The zero-order valence-electron chi connectivity index (χ0n) is 26.2. The van der Waals surface area contributed by atoms with Crippen molar-refractivity contribution in [1.29, 1.82) is 0 Å². The molecule has 2 aliphatic rings. The molecule has 1 amide bonds. The maximum absolute atomic E-state index is 15.0. The van der Waals surface area contributed by atoms with Crippen molar-refractivity contribution in [2.24, 2.45) is 5.41 Å². The van der Waals surface area contributed by atoms with Crippen molar-refractivity contribution in [2.45, 2.75) is 64.5 Å². The third-order valence-corrected chi connectivity index (χ3v) is 8.76. The third kappa shape index (κ3) is 6.97. The summed E-state index contributed by atoms with van der Waals surface area (Å²) in [5, 5.41) is 9.22. The number of ether oxygens (including phenoxy) is 2. The molecule has 0 spiro atoms. The number of aromatic carboxylic acids is 1. The van der Waals surface area contributed by atoms with Gasteiger partial charge in [0, 0.05) is 29.4 Å². The van der Waals surface area contributed by atoms with E-state index in [0.717, 1.165) is 17.2 Å². The number of carboxylic acid groups (broad SMARTS) is 1. The Morgan fingerprint density at radius 2 is 1.69 bits per heavy atom. The van der Waals surface area contributed by atoms with Crippen LogP contribution in [0.4, 0.5) is 35.5 Å². The van der Waals surface area contributed by atoms with E-state index in [4.69, 9.17) is 9.47 Å². The van der Waals surface area contributed by atoms with Gasteiger partial charge >= 0.3 is 24.4 Å². The van der Waals surface area contributed by atoms with Crippen molar-refractivity contribution in [3.63, 3.8) is 0 Å². The number of carboxylic acids is 1. The Bertz CT molecular complexity index is 1770. The van der Waals surface area contributed by atoms with E-state index in [-0.39, 0.29) is 35.0 Å². The van der Waals surface area contributed by atoms with Gasteiger partial charge in [0.2, 0.25) is 5.88 Å². The first-order valence-corrected chi connectivity index (χ1v) is 14.8. The van der Waals surface area contributed by atoms with E-state index in [9.17, 15) is 41.0 Å². The molecule has 1 aliphatic carbocycles. The average Bonchev–Trinajstić information content (AvgIpc) is 3.27. The van der Waals surface area contributed by atoms with E-state index >= 15 is 4.39 Å². The van der Waals surface area contributed by atoms with Crippen LogP contribution < -0.4 is 4.74 Å². The van der Waals surface area contributed by atoms with E-state index in [1.54, 1.807) is 6.07 Å². The number of alkyl halides is 6. The second-order valence-electron chi connectivity index (χ2n) is 12.7. The molecule has 1 unspecified atom stereocenters. The first kappa shape index (κ1) is 34.7. The molecule has 5 rings (SSSR count). The number of pyridine rings is 1. The van der Waals surface area contributed by atoms with Crippen LogP contribution in [-0.4, -0.2) is 46.7 Å². The van der Waals surface area contributed by atoms with Crippen molar-refractivity contribution in [3.05, 3.63) is 87.9 Å². The SMILES string of the molecule is COc1ncc(-c2ccc(C(=O)O)cc2F)cc1C1=C(CN2C(=O)OC(c3cc(C(F)(F)F)cc(C(F)(F)F)c3)[C@@H]2C)CC(C)(C)CC1. The third-order valence-electron chi connectivity index (χ3n) is 8.76. The number of halogens is 7. The van der Waals surface area contributed by atoms with Crippen molar-refractivity contribution in [3.8, 4) is 17.0 Å². The molecular formula is C34H31F7N2O5. The minimum absolute atomic E-state index is 0.0197. The first-order valence-electron chi connectivity index (χ1n) is 14.8. The molecule has 256 valence electrons. The van der Waals surface area contributed by atoms with Gasteiger partial charge in [-0.1, -0.05) is 19.9 Å². The number of benzene rings is 2. The number of allylic oxidation sites excluding steroid dienone is 1. The molecule has 3 aromatic rings. The summed E-state index contributed by atoms with van der Waals surface area (Å²) in [5.41, 5.74) is -1.57. The molecule has 2 atom stereocenters. The summed E-state index contributed by atoms with van der Waals surface area (Å²) in [6.07, 6.45) is -9.45. The lowest BCUT2D eigenvalue weighted by atomic mass is 9.72. The van der Waals surface area contributed by atoms with Crippen LogP contribution in [0.5, 0.6) is 5.88 Å².